The monoisotopic (exact) mass is 462 g/mol. The number of aliphatic hydroxyl groups excluding tert-OH is 1. The van der Waals surface area contributed by atoms with Crippen molar-refractivity contribution in [1.82, 2.24) is 20.0 Å². The smallest absolute Gasteiger partial charge is 0.249 e. The van der Waals surface area contributed by atoms with E-state index in [0.29, 0.717) is 31.6 Å². The molecule has 4 N–H and O–H groups in total. The Labute approximate surface area is 193 Å². The number of carbonyl (C=O) groups excluding carboxylic acids is 3. The van der Waals surface area contributed by atoms with Crippen LogP contribution in [0.4, 0.5) is 0 Å². The van der Waals surface area contributed by atoms with Crippen LogP contribution >= 0.6 is 0 Å². The largest absolute Gasteiger partial charge is 0.504 e. The van der Waals surface area contributed by atoms with Gasteiger partial charge in [-0.3, -0.25) is 14.4 Å². The number of likely N-dealkylation sites (N-methyl/N-ethyl adjacent to an activating group) is 1. The first-order valence-electron chi connectivity index (χ1n) is 11.4. The second-order valence-corrected chi connectivity index (χ2v) is 8.95. The van der Waals surface area contributed by atoms with Crippen LogP contribution in [-0.2, 0) is 20.8 Å². The van der Waals surface area contributed by atoms with Crippen LogP contribution in [0.3, 0.4) is 0 Å². The van der Waals surface area contributed by atoms with Crippen molar-refractivity contribution in [3.63, 3.8) is 0 Å². The number of aliphatic hydroxyl groups is 1. The number of phenolic OH excluding ortho intramolecular Hbond substituents is 2. The minimum atomic E-state index is -1.44. The number of piperazine rings is 1. The van der Waals surface area contributed by atoms with Gasteiger partial charge >= 0.3 is 0 Å². The summed E-state index contributed by atoms with van der Waals surface area (Å²) in [6, 6.07) is 2.60. The average Bonchev–Trinajstić information content (AvgIpc) is 2.80. The summed E-state index contributed by atoms with van der Waals surface area (Å²) in [5, 5.41) is 31.8. The molecular formula is C23H34N4O6. The number of benzene rings is 1. The van der Waals surface area contributed by atoms with Crippen molar-refractivity contribution < 1.29 is 29.7 Å². The molecule has 2 aliphatic heterocycles. The molecule has 10 heteroatoms. The number of hydrogen-bond acceptors (Lipinski definition) is 7. The molecule has 1 aromatic carbocycles. The lowest BCUT2D eigenvalue weighted by molar-refractivity contribution is -0.150. The van der Waals surface area contributed by atoms with E-state index in [1.807, 2.05) is 11.9 Å². The highest BCUT2D eigenvalue weighted by Gasteiger charge is 2.37. The zero-order chi connectivity index (χ0) is 24.1. The molecule has 0 aliphatic carbocycles. The minimum Gasteiger partial charge on any atom is -0.504 e. The van der Waals surface area contributed by atoms with Gasteiger partial charge in [0.25, 0.3) is 0 Å². The Morgan fingerprint density at radius 2 is 1.76 bits per heavy atom. The van der Waals surface area contributed by atoms with E-state index in [2.05, 4.69) is 10.2 Å². The van der Waals surface area contributed by atoms with Gasteiger partial charge in [0.15, 0.2) is 11.5 Å². The molecular weight excluding hydrogens is 428 g/mol. The summed E-state index contributed by atoms with van der Waals surface area (Å²) in [5.41, 5.74) is 0.459. The Balaban J connectivity index is 1.59. The maximum absolute atomic E-state index is 13.1. The lowest BCUT2D eigenvalue weighted by Gasteiger charge is -2.41. The van der Waals surface area contributed by atoms with Gasteiger partial charge in [0, 0.05) is 39.1 Å². The van der Waals surface area contributed by atoms with E-state index in [1.165, 1.54) is 18.2 Å². The fourth-order valence-electron chi connectivity index (χ4n) is 4.32. The van der Waals surface area contributed by atoms with Crippen molar-refractivity contribution in [3.05, 3.63) is 23.8 Å². The number of rotatable bonds is 6. The highest BCUT2D eigenvalue weighted by molar-refractivity contribution is 5.93. The first kappa shape index (κ1) is 24.8. The van der Waals surface area contributed by atoms with Gasteiger partial charge in [0.1, 0.15) is 18.2 Å². The number of hydrogen-bond donors (Lipinski definition) is 4. The van der Waals surface area contributed by atoms with Crippen molar-refractivity contribution in [1.29, 1.82) is 0 Å². The Kier molecular flexibility index (Phi) is 8.15. The summed E-state index contributed by atoms with van der Waals surface area (Å²) < 4.78 is 0. The Bertz CT molecular complexity index is 871. The van der Waals surface area contributed by atoms with Gasteiger partial charge in [-0.2, -0.15) is 0 Å². The van der Waals surface area contributed by atoms with Gasteiger partial charge in [-0.1, -0.05) is 6.07 Å². The number of aromatic hydroxyl groups is 2. The molecule has 3 amide bonds. The highest BCUT2D eigenvalue weighted by Crippen LogP contribution is 2.25. The summed E-state index contributed by atoms with van der Waals surface area (Å²) in [5.74, 6) is -1.74. The number of likely N-dealkylation sites (tertiary alicyclic amines) is 1. The van der Waals surface area contributed by atoms with Crippen LogP contribution in [0.1, 0.15) is 31.7 Å². The van der Waals surface area contributed by atoms with Crippen LogP contribution in [0.25, 0.3) is 0 Å². The molecule has 2 heterocycles. The number of carbonyl (C=O) groups is 3. The molecule has 3 rings (SSSR count). The summed E-state index contributed by atoms with van der Waals surface area (Å²) in [6.07, 6.45) is 0.742. The van der Waals surface area contributed by atoms with Crippen LogP contribution in [0.2, 0.25) is 0 Å². The number of nitrogens with zero attached hydrogens (tertiary/aromatic N) is 3. The van der Waals surface area contributed by atoms with E-state index >= 15 is 0 Å². The third-order valence-corrected chi connectivity index (χ3v) is 6.39. The van der Waals surface area contributed by atoms with Gasteiger partial charge in [-0.15, -0.1) is 0 Å². The predicted octanol–water partition coefficient (Wildman–Crippen LogP) is -0.339. The van der Waals surface area contributed by atoms with Crippen LogP contribution in [0.15, 0.2) is 18.2 Å². The number of piperidine rings is 1. The van der Waals surface area contributed by atoms with E-state index in [0.717, 1.165) is 25.9 Å². The van der Waals surface area contributed by atoms with E-state index in [9.17, 15) is 29.7 Å². The van der Waals surface area contributed by atoms with Crippen molar-refractivity contribution in [3.8, 4) is 11.5 Å². The molecule has 0 bridgehead atoms. The Morgan fingerprint density at radius 3 is 2.42 bits per heavy atom. The first-order chi connectivity index (χ1) is 15.7. The van der Waals surface area contributed by atoms with Crippen molar-refractivity contribution >= 4 is 17.7 Å². The highest BCUT2D eigenvalue weighted by atomic mass is 16.3. The van der Waals surface area contributed by atoms with Crippen LogP contribution in [-0.4, -0.2) is 106 Å². The minimum absolute atomic E-state index is 0.0400. The maximum Gasteiger partial charge on any atom is 0.249 e. The maximum atomic E-state index is 13.1. The standard InChI is InChI=1S/C23H34N4O6/c1-15(24-21(31)20(30)14-16-6-7-18(28)19(29)13-16)22(32)27-8-4-3-5-17(27)23(33)26-11-9-25(2)10-12-26/h6-7,13,15,17,20,28-30H,3-5,8-12,14H2,1-2H3,(H,24,31). The number of amides is 3. The van der Waals surface area contributed by atoms with Gasteiger partial charge < -0.3 is 35.3 Å². The normalized spacial score (nSPS) is 21.4. The molecule has 0 saturated carbocycles. The zero-order valence-electron chi connectivity index (χ0n) is 19.2. The summed E-state index contributed by atoms with van der Waals surface area (Å²) in [4.78, 5) is 44.3. The van der Waals surface area contributed by atoms with E-state index in [4.69, 9.17) is 0 Å². The molecule has 3 atom stereocenters. The van der Waals surface area contributed by atoms with Crippen molar-refractivity contribution in [2.24, 2.45) is 0 Å². The molecule has 10 nitrogen and oxygen atoms in total. The summed E-state index contributed by atoms with van der Waals surface area (Å²) in [6.45, 7) is 4.88. The Hall–Kier alpha value is -2.85. The Morgan fingerprint density at radius 1 is 1.06 bits per heavy atom. The predicted molar refractivity (Wildman–Crippen MR) is 121 cm³/mol. The molecule has 182 valence electrons. The number of phenols is 2. The van der Waals surface area contributed by atoms with Crippen molar-refractivity contribution in [2.75, 3.05) is 39.8 Å². The summed E-state index contributed by atoms with van der Waals surface area (Å²) in [7, 11) is 2.02. The van der Waals surface area contributed by atoms with Gasteiger partial charge in [0.2, 0.25) is 17.7 Å². The lowest BCUT2D eigenvalue weighted by Crippen LogP contribution is -2.59. The van der Waals surface area contributed by atoms with Crippen molar-refractivity contribution in [2.45, 2.75) is 50.8 Å². The first-order valence-corrected chi connectivity index (χ1v) is 11.4. The second-order valence-electron chi connectivity index (χ2n) is 8.95. The lowest BCUT2D eigenvalue weighted by atomic mass is 9.99. The molecule has 3 unspecified atom stereocenters. The molecule has 0 aromatic heterocycles. The van der Waals surface area contributed by atoms with Gasteiger partial charge in [0.05, 0.1) is 0 Å². The van der Waals surface area contributed by atoms with Gasteiger partial charge in [-0.05, 0) is 50.9 Å². The topological polar surface area (TPSA) is 134 Å². The molecule has 2 saturated heterocycles. The van der Waals surface area contributed by atoms with E-state index < -0.39 is 24.1 Å². The quantitative estimate of drug-likeness (QED) is 0.425. The average molecular weight is 463 g/mol. The van der Waals surface area contributed by atoms with E-state index in [1.54, 1.807) is 11.8 Å². The third-order valence-electron chi connectivity index (χ3n) is 6.39. The zero-order valence-corrected chi connectivity index (χ0v) is 19.2. The molecule has 0 spiro atoms. The molecule has 33 heavy (non-hydrogen) atoms. The molecule has 2 aliphatic rings. The molecule has 1 aromatic rings. The van der Waals surface area contributed by atoms with Crippen LogP contribution < -0.4 is 5.32 Å². The molecule has 0 radical (unpaired) electrons. The summed E-state index contributed by atoms with van der Waals surface area (Å²) >= 11 is 0. The fraction of sp³-hybridized carbons (Fsp3) is 0.609. The van der Waals surface area contributed by atoms with Crippen LogP contribution in [0.5, 0.6) is 11.5 Å². The van der Waals surface area contributed by atoms with Gasteiger partial charge in [-0.25, -0.2) is 0 Å². The SMILES string of the molecule is CC(NC(=O)C(O)Cc1ccc(O)c(O)c1)C(=O)N1CCCCC1C(=O)N1CCN(C)CC1. The third kappa shape index (κ3) is 6.14. The second kappa shape index (κ2) is 10.8. The number of nitrogens with one attached hydrogen (secondary N) is 1. The molecule has 2 fully saturated rings. The van der Waals surface area contributed by atoms with Crippen LogP contribution in [0, 0.1) is 0 Å². The fourth-order valence-corrected chi connectivity index (χ4v) is 4.32. The van der Waals surface area contributed by atoms with E-state index in [-0.39, 0.29) is 29.7 Å².